The Labute approximate surface area is 167 Å². The lowest BCUT2D eigenvalue weighted by Crippen LogP contribution is -2.43. The van der Waals surface area contributed by atoms with Gasteiger partial charge in [0.05, 0.1) is 6.04 Å². The second-order valence-electron chi connectivity index (χ2n) is 7.77. The molecule has 3 aromatic rings. The highest BCUT2D eigenvalue weighted by atomic mass is 15.2. The standard InChI is InChI=1S/C23H29N5/c1-15-6-5-7-19(17(15)3)18(4)27-23-20-12-22(28-10-8-24-9-11-28)25-14-21(20)16(2)13-26-23/h5-7,12-14,18,24H,8-11H2,1-4H3,(H,26,27)/t18-/m1/s1. The fourth-order valence-electron chi connectivity index (χ4n) is 3.96. The summed E-state index contributed by atoms with van der Waals surface area (Å²) in [4.78, 5) is 11.8. The molecule has 0 unspecified atom stereocenters. The van der Waals surface area contributed by atoms with Crippen LogP contribution >= 0.6 is 0 Å². The number of nitrogens with one attached hydrogen (secondary N) is 2. The number of fused-ring (bicyclic) bond motifs is 1. The quantitative estimate of drug-likeness (QED) is 0.718. The monoisotopic (exact) mass is 375 g/mol. The Morgan fingerprint density at radius 3 is 2.57 bits per heavy atom. The zero-order chi connectivity index (χ0) is 19.7. The van der Waals surface area contributed by atoms with Gasteiger partial charge in [0.1, 0.15) is 11.6 Å². The van der Waals surface area contributed by atoms with Gasteiger partial charge in [-0.3, -0.25) is 0 Å². The van der Waals surface area contributed by atoms with Crippen molar-refractivity contribution in [3.8, 4) is 0 Å². The van der Waals surface area contributed by atoms with Gasteiger partial charge in [0, 0.05) is 49.3 Å². The molecule has 5 nitrogen and oxygen atoms in total. The SMILES string of the molecule is Cc1cccc([C@@H](C)Nc2ncc(C)c3cnc(N4CCNCC4)cc23)c1C. The van der Waals surface area contributed by atoms with Crippen LogP contribution in [0.5, 0.6) is 0 Å². The Kier molecular flexibility index (Phi) is 5.18. The third-order valence-corrected chi connectivity index (χ3v) is 5.86. The van der Waals surface area contributed by atoms with E-state index in [1.54, 1.807) is 0 Å². The minimum absolute atomic E-state index is 0.175. The Morgan fingerprint density at radius 2 is 1.79 bits per heavy atom. The van der Waals surface area contributed by atoms with Crippen LogP contribution in [0.1, 0.15) is 35.2 Å². The second kappa shape index (κ2) is 7.76. The normalized spacial score (nSPS) is 15.6. The number of anilines is 2. The average molecular weight is 376 g/mol. The molecule has 1 aliphatic heterocycles. The highest BCUT2D eigenvalue weighted by Crippen LogP contribution is 2.30. The molecule has 0 aliphatic carbocycles. The van der Waals surface area contributed by atoms with Crippen LogP contribution in [0.15, 0.2) is 36.7 Å². The van der Waals surface area contributed by atoms with Crippen LogP contribution in [-0.4, -0.2) is 36.1 Å². The topological polar surface area (TPSA) is 53.1 Å². The van der Waals surface area contributed by atoms with Crippen molar-refractivity contribution in [1.82, 2.24) is 15.3 Å². The van der Waals surface area contributed by atoms with Gasteiger partial charge in [-0.25, -0.2) is 9.97 Å². The average Bonchev–Trinajstić information content (AvgIpc) is 2.72. The van der Waals surface area contributed by atoms with Crippen LogP contribution in [0.2, 0.25) is 0 Å². The number of rotatable bonds is 4. The molecule has 0 spiro atoms. The van der Waals surface area contributed by atoms with Gasteiger partial charge in [-0.1, -0.05) is 18.2 Å². The van der Waals surface area contributed by atoms with E-state index in [2.05, 4.69) is 67.5 Å². The smallest absolute Gasteiger partial charge is 0.134 e. The van der Waals surface area contributed by atoms with Gasteiger partial charge < -0.3 is 15.5 Å². The van der Waals surface area contributed by atoms with Crippen molar-refractivity contribution in [2.24, 2.45) is 0 Å². The molecule has 2 N–H and O–H groups in total. The summed E-state index contributed by atoms with van der Waals surface area (Å²) in [6, 6.07) is 8.86. The lowest BCUT2D eigenvalue weighted by Gasteiger charge is -2.28. The van der Waals surface area contributed by atoms with Crippen LogP contribution in [0.3, 0.4) is 0 Å². The minimum Gasteiger partial charge on any atom is -0.363 e. The van der Waals surface area contributed by atoms with Crippen molar-refractivity contribution in [3.05, 3.63) is 58.9 Å². The van der Waals surface area contributed by atoms with E-state index in [1.165, 1.54) is 16.7 Å². The Hall–Kier alpha value is -2.66. The van der Waals surface area contributed by atoms with Crippen LogP contribution in [0.25, 0.3) is 10.8 Å². The third kappa shape index (κ3) is 3.54. The van der Waals surface area contributed by atoms with Crippen LogP contribution in [0, 0.1) is 20.8 Å². The van der Waals surface area contributed by atoms with E-state index in [0.717, 1.165) is 54.2 Å². The Balaban J connectivity index is 1.71. The van der Waals surface area contributed by atoms with E-state index in [1.807, 2.05) is 12.4 Å². The first-order valence-electron chi connectivity index (χ1n) is 10.1. The number of hydrogen-bond acceptors (Lipinski definition) is 5. The van der Waals surface area contributed by atoms with Crippen molar-refractivity contribution in [2.45, 2.75) is 33.7 Å². The molecule has 3 heterocycles. The van der Waals surface area contributed by atoms with Gasteiger partial charge in [-0.05, 0) is 56.0 Å². The highest BCUT2D eigenvalue weighted by Gasteiger charge is 2.16. The molecule has 0 radical (unpaired) electrons. The maximum Gasteiger partial charge on any atom is 0.134 e. The van der Waals surface area contributed by atoms with E-state index in [0.29, 0.717) is 0 Å². The first-order chi connectivity index (χ1) is 13.5. The zero-order valence-electron chi connectivity index (χ0n) is 17.2. The van der Waals surface area contributed by atoms with Gasteiger partial charge >= 0.3 is 0 Å². The van der Waals surface area contributed by atoms with Gasteiger partial charge in [0.15, 0.2) is 0 Å². The summed E-state index contributed by atoms with van der Waals surface area (Å²) in [5.41, 5.74) is 5.12. The molecule has 1 saturated heterocycles. The fourth-order valence-corrected chi connectivity index (χ4v) is 3.96. The summed E-state index contributed by atoms with van der Waals surface area (Å²) in [5, 5.41) is 9.36. The van der Waals surface area contributed by atoms with Gasteiger partial charge in [0.25, 0.3) is 0 Å². The molecular weight excluding hydrogens is 346 g/mol. The molecule has 5 heteroatoms. The summed E-state index contributed by atoms with van der Waals surface area (Å²) in [7, 11) is 0. The highest BCUT2D eigenvalue weighted by molar-refractivity contribution is 5.95. The number of benzene rings is 1. The lowest BCUT2D eigenvalue weighted by atomic mass is 9.98. The summed E-state index contributed by atoms with van der Waals surface area (Å²) in [5.74, 6) is 1.96. The van der Waals surface area contributed by atoms with Crippen LogP contribution < -0.4 is 15.5 Å². The molecule has 1 aliphatic rings. The van der Waals surface area contributed by atoms with Crippen molar-refractivity contribution in [3.63, 3.8) is 0 Å². The van der Waals surface area contributed by atoms with E-state index in [9.17, 15) is 0 Å². The van der Waals surface area contributed by atoms with E-state index in [-0.39, 0.29) is 6.04 Å². The fraction of sp³-hybridized carbons (Fsp3) is 0.391. The van der Waals surface area contributed by atoms with Gasteiger partial charge in [-0.15, -0.1) is 0 Å². The van der Waals surface area contributed by atoms with Crippen molar-refractivity contribution < 1.29 is 0 Å². The van der Waals surface area contributed by atoms with Crippen LogP contribution in [0.4, 0.5) is 11.6 Å². The molecule has 2 aromatic heterocycles. The first-order valence-corrected chi connectivity index (χ1v) is 10.1. The zero-order valence-corrected chi connectivity index (χ0v) is 17.2. The van der Waals surface area contributed by atoms with Crippen LogP contribution in [-0.2, 0) is 0 Å². The van der Waals surface area contributed by atoms with Gasteiger partial charge in [-0.2, -0.15) is 0 Å². The van der Waals surface area contributed by atoms with E-state index >= 15 is 0 Å². The summed E-state index contributed by atoms with van der Waals surface area (Å²) in [6.45, 7) is 12.6. The van der Waals surface area contributed by atoms with E-state index < -0.39 is 0 Å². The molecule has 4 rings (SSSR count). The van der Waals surface area contributed by atoms with Crippen molar-refractivity contribution >= 4 is 22.4 Å². The minimum atomic E-state index is 0.175. The van der Waals surface area contributed by atoms with Crippen molar-refractivity contribution in [1.29, 1.82) is 0 Å². The molecule has 0 amide bonds. The number of hydrogen-bond donors (Lipinski definition) is 2. The van der Waals surface area contributed by atoms with E-state index in [4.69, 9.17) is 9.97 Å². The number of pyridine rings is 2. The molecule has 146 valence electrons. The maximum absolute atomic E-state index is 4.74. The predicted molar refractivity (Wildman–Crippen MR) is 117 cm³/mol. The molecule has 0 bridgehead atoms. The molecule has 0 saturated carbocycles. The lowest BCUT2D eigenvalue weighted by molar-refractivity contribution is 0.585. The number of nitrogens with zero attached hydrogens (tertiary/aromatic N) is 3. The molecule has 1 fully saturated rings. The number of aryl methyl sites for hydroxylation is 2. The summed E-state index contributed by atoms with van der Waals surface area (Å²) >= 11 is 0. The second-order valence-corrected chi connectivity index (χ2v) is 7.77. The molecule has 1 atom stereocenters. The number of piperazine rings is 1. The first kappa shape index (κ1) is 18.7. The molecular formula is C23H29N5. The molecule has 28 heavy (non-hydrogen) atoms. The molecule has 1 aromatic carbocycles. The third-order valence-electron chi connectivity index (χ3n) is 5.86. The number of aromatic nitrogens is 2. The van der Waals surface area contributed by atoms with Crippen molar-refractivity contribution in [2.75, 3.05) is 36.4 Å². The predicted octanol–water partition coefficient (Wildman–Crippen LogP) is 4.14. The Bertz CT molecular complexity index is 992. The maximum atomic E-state index is 4.74. The van der Waals surface area contributed by atoms with Gasteiger partial charge in [0.2, 0.25) is 0 Å². The Morgan fingerprint density at radius 1 is 1.00 bits per heavy atom. The summed E-state index contributed by atoms with van der Waals surface area (Å²) < 4.78 is 0. The largest absolute Gasteiger partial charge is 0.363 e. The summed E-state index contributed by atoms with van der Waals surface area (Å²) in [6.07, 6.45) is 3.93.